The van der Waals surface area contributed by atoms with Gasteiger partial charge in [-0.15, -0.1) is 0 Å². The van der Waals surface area contributed by atoms with Gasteiger partial charge in [-0.05, 0) is 40.7 Å². The first-order valence-corrected chi connectivity index (χ1v) is 10.9. The molecule has 0 saturated heterocycles. The van der Waals surface area contributed by atoms with Gasteiger partial charge in [0.25, 0.3) is 0 Å². The van der Waals surface area contributed by atoms with Gasteiger partial charge in [0.15, 0.2) is 0 Å². The standard InChI is InChI=1S/C27H29NO/c1-2-10-21(11-3-1)20-29-27-17-9-8-16-26(27)28-18-22-12-4-6-14-24(22)25-15-7-5-13-23(25)19-28/h1-7,10-15,26-27H,8-9,16-20H2/t26?,27-/m0/s1. The summed E-state index contributed by atoms with van der Waals surface area (Å²) in [4.78, 5) is 2.68. The van der Waals surface area contributed by atoms with Crippen LogP contribution in [0.3, 0.4) is 0 Å². The molecule has 1 aliphatic heterocycles. The second-order valence-corrected chi connectivity index (χ2v) is 8.41. The molecule has 2 aliphatic rings. The van der Waals surface area contributed by atoms with Gasteiger partial charge in [-0.25, -0.2) is 0 Å². The zero-order valence-electron chi connectivity index (χ0n) is 17.0. The first-order valence-electron chi connectivity index (χ1n) is 10.9. The van der Waals surface area contributed by atoms with Crippen molar-refractivity contribution in [2.24, 2.45) is 0 Å². The topological polar surface area (TPSA) is 12.5 Å². The number of hydrogen-bond donors (Lipinski definition) is 0. The third-order valence-corrected chi connectivity index (χ3v) is 6.52. The molecular weight excluding hydrogens is 354 g/mol. The number of hydrogen-bond acceptors (Lipinski definition) is 2. The highest BCUT2D eigenvalue weighted by Gasteiger charge is 2.33. The summed E-state index contributed by atoms with van der Waals surface area (Å²) in [6, 6.07) is 28.9. The van der Waals surface area contributed by atoms with Crippen LogP contribution in [0.25, 0.3) is 11.1 Å². The van der Waals surface area contributed by atoms with Crippen molar-refractivity contribution in [3.05, 3.63) is 95.6 Å². The molecule has 0 radical (unpaired) electrons. The van der Waals surface area contributed by atoms with Gasteiger partial charge < -0.3 is 4.74 Å². The second-order valence-electron chi connectivity index (χ2n) is 8.41. The molecule has 1 saturated carbocycles. The molecule has 5 rings (SSSR count). The first kappa shape index (κ1) is 18.6. The number of nitrogens with zero attached hydrogens (tertiary/aromatic N) is 1. The summed E-state index contributed by atoms with van der Waals surface area (Å²) < 4.78 is 6.51. The van der Waals surface area contributed by atoms with Crippen LogP contribution in [0.4, 0.5) is 0 Å². The smallest absolute Gasteiger partial charge is 0.0735 e. The summed E-state index contributed by atoms with van der Waals surface area (Å²) in [7, 11) is 0. The Morgan fingerprint density at radius 1 is 0.690 bits per heavy atom. The van der Waals surface area contributed by atoms with Crippen LogP contribution in [0.1, 0.15) is 42.4 Å². The van der Waals surface area contributed by atoms with Gasteiger partial charge >= 0.3 is 0 Å². The second kappa shape index (κ2) is 8.52. The van der Waals surface area contributed by atoms with E-state index in [2.05, 4.69) is 83.8 Å². The fourth-order valence-electron chi connectivity index (χ4n) is 5.04. The summed E-state index contributed by atoms with van der Waals surface area (Å²) in [5.74, 6) is 0. The molecule has 1 aliphatic carbocycles. The molecule has 1 unspecified atom stereocenters. The minimum atomic E-state index is 0.307. The number of ether oxygens (including phenoxy) is 1. The highest BCUT2D eigenvalue weighted by atomic mass is 16.5. The van der Waals surface area contributed by atoms with E-state index >= 15 is 0 Å². The van der Waals surface area contributed by atoms with Gasteiger partial charge in [0.1, 0.15) is 0 Å². The molecule has 3 aromatic rings. The Balaban J connectivity index is 1.41. The third-order valence-electron chi connectivity index (χ3n) is 6.52. The van der Waals surface area contributed by atoms with E-state index in [1.807, 2.05) is 0 Å². The molecule has 29 heavy (non-hydrogen) atoms. The van der Waals surface area contributed by atoms with E-state index in [-0.39, 0.29) is 0 Å². The van der Waals surface area contributed by atoms with Gasteiger partial charge in [0, 0.05) is 19.1 Å². The Kier molecular flexibility index (Phi) is 5.47. The number of benzene rings is 3. The quantitative estimate of drug-likeness (QED) is 0.532. The molecule has 0 N–H and O–H groups in total. The van der Waals surface area contributed by atoms with Crippen LogP contribution >= 0.6 is 0 Å². The van der Waals surface area contributed by atoms with E-state index in [9.17, 15) is 0 Å². The average Bonchev–Trinajstić information content (AvgIpc) is 2.95. The van der Waals surface area contributed by atoms with Crippen LogP contribution < -0.4 is 0 Å². The predicted octanol–water partition coefficient (Wildman–Crippen LogP) is 6.20. The number of rotatable bonds is 4. The van der Waals surface area contributed by atoms with E-state index in [0.717, 1.165) is 19.5 Å². The Morgan fingerprint density at radius 3 is 1.97 bits per heavy atom. The Hall–Kier alpha value is -2.42. The molecule has 0 amide bonds. The van der Waals surface area contributed by atoms with Crippen molar-refractivity contribution in [1.29, 1.82) is 0 Å². The highest BCUT2D eigenvalue weighted by Crippen LogP contribution is 2.36. The van der Waals surface area contributed by atoms with E-state index in [1.165, 1.54) is 47.1 Å². The Bertz CT molecular complexity index is 904. The lowest BCUT2D eigenvalue weighted by atomic mass is 9.90. The summed E-state index contributed by atoms with van der Waals surface area (Å²) in [5, 5.41) is 0. The summed E-state index contributed by atoms with van der Waals surface area (Å²) in [6.45, 7) is 2.71. The van der Waals surface area contributed by atoms with Crippen LogP contribution in [-0.2, 0) is 24.4 Å². The predicted molar refractivity (Wildman–Crippen MR) is 118 cm³/mol. The van der Waals surface area contributed by atoms with Crippen LogP contribution in [-0.4, -0.2) is 17.0 Å². The van der Waals surface area contributed by atoms with E-state index in [0.29, 0.717) is 18.8 Å². The highest BCUT2D eigenvalue weighted by molar-refractivity contribution is 5.71. The molecule has 2 nitrogen and oxygen atoms in total. The summed E-state index contributed by atoms with van der Waals surface area (Å²) in [6.07, 6.45) is 5.27. The molecule has 3 aromatic carbocycles. The maximum absolute atomic E-state index is 6.51. The third kappa shape index (κ3) is 4.01. The maximum atomic E-state index is 6.51. The minimum absolute atomic E-state index is 0.307. The van der Waals surface area contributed by atoms with Crippen molar-refractivity contribution in [3.63, 3.8) is 0 Å². The molecule has 1 fully saturated rings. The molecule has 2 atom stereocenters. The number of fused-ring (bicyclic) bond motifs is 3. The van der Waals surface area contributed by atoms with Crippen molar-refractivity contribution in [1.82, 2.24) is 4.90 Å². The Morgan fingerprint density at radius 2 is 1.28 bits per heavy atom. The van der Waals surface area contributed by atoms with Gasteiger partial charge in [0.2, 0.25) is 0 Å². The van der Waals surface area contributed by atoms with Crippen LogP contribution in [0.15, 0.2) is 78.9 Å². The molecule has 2 heteroatoms. The summed E-state index contributed by atoms with van der Waals surface area (Å²) in [5.41, 5.74) is 6.92. The van der Waals surface area contributed by atoms with Gasteiger partial charge in [-0.2, -0.15) is 0 Å². The van der Waals surface area contributed by atoms with E-state index in [4.69, 9.17) is 4.74 Å². The van der Waals surface area contributed by atoms with Crippen LogP contribution in [0.5, 0.6) is 0 Å². The van der Waals surface area contributed by atoms with Crippen molar-refractivity contribution < 1.29 is 4.74 Å². The fourth-order valence-corrected chi connectivity index (χ4v) is 5.04. The molecule has 0 bridgehead atoms. The lowest BCUT2D eigenvalue weighted by molar-refractivity contribution is -0.0495. The summed E-state index contributed by atoms with van der Waals surface area (Å²) >= 11 is 0. The van der Waals surface area contributed by atoms with Gasteiger partial charge in [0.05, 0.1) is 12.7 Å². The minimum Gasteiger partial charge on any atom is -0.372 e. The van der Waals surface area contributed by atoms with E-state index in [1.54, 1.807) is 0 Å². The van der Waals surface area contributed by atoms with Crippen molar-refractivity contribution in [2.75, 3.05) is 0 Å². The molecule has 0 aromatic heterocycles. The van der Waals surface area contributed by atoms with Crippen LogP contribution in [0.2, 0.25) is 0 Å². The van der Waals surface area contributed by atoms with E-state index < -0.39 is 0 Å². The van der Waals surface area contributed by atoms with Gasteiger partial charge in [-0.1, -0.05) is 91.7 Å². The monoisotopic (exact) mass is 383 g/mol. The zero-order valence-corrected chi connectivity index (χ0v) is 17.0. The molecule has 0 spiro atoms. The molecule has 1 heterocycles. The SMILES string of the molecule is c1ccc(CO[C@H]2CCCCC2N2Cc3ccccc3-c3ccccc3C2)cc1. The van der Waals surface area contributed by atoms with Crippen molar-refractivity contribution in [2.45, 2.75) is 57.5 Å². The van der Waals surface area contributed by atoms with Crippen LogP contribution in [0, 0.1) is 0 Å². The largest absolute Gasteiger partial charge is 0.372 e. The fraction of sp³-hybridized carbons (Fsp3) is 0.333. The normalized spacial score (nSPS) is 21.8. The Labute approximate surface area is 174 Å². The molecular formula is C27H29NO. The van der Waals surface area contributed by atoms with Crippen molar-refractivity contribution in [3.8, 4) is 11.1 Å². The van der Waals surface area contributed by atoms with Gasteiger partial charge in [-0.3, -0.25) is 4.90 Å². The lowest BCUT2D eigenvalue weighted by Crippen LogP contribution is -2.45. The first-order chi connectivity index (χ1) is 14.4. The van der Waals surface area contributed by atoms with Crippen molar-refractivity contribution >= 4 is 0 Å². The zero-order chi connectivity index (χ0) is 19.5. The average molecular weight is 384 g/mol. The lowest BCUT2D eigenvalue weighted by Gasteiger charge is -2.39. The maximum Gasteiger partial charge on any atom is 0.0735 e. The molecule has 148 valence electrons.